The van der Waals surface area contributed by atoms with Crippen molar-refractivity contribution in [1.82, 2.24) is 0 Å². The number of nitrogen functional groups attached to an aromatic ring is 1. The van der Waals surface area contributed by atoms with E-state index in [0.717, 1.165) is 53.9 Å². The van der Waals surface area contributed by atoms with Crippen molar-refractivity contribution in [1.29, 1.82) is 0 Å². The van der Waals surface area contributed by atoms with Crippen molar-refractivity contribution in [2.75, 3.05) is 12.8 Å². The largest absolute Gasteiger partial charge is 0.494 e. The van der Waals surface area contributed by atoms with E-state index in [-0.39, 0.29) is 5.60 Å². The molecule has 0 fully saturated rings. The number of allylic oxidation sites excluding steroid dienone is 2. The first-order valence-electron chi connectivity index (χ1n) is 8.70. The summed E-state index contributed by atoms with van der Waals surface area (Å²) in [5, 5.41) is 0. The maximum atomic E-state index is 6.59. The van der Waals surface area contributed by atoms with Crippen LogP contribution in [0, 0.1) is 0 Å². The Labute approximate surface area is 151 Å². The molecule has 2 rings (SSSR count). The lowest BCUT2D eigenvalue weighted by Gasteiger charge is -2.40. The highest BCUT2D eigenvalue weighted by Crippen LogP contribution is 2.48. The fourth-order valence-corrected chi connectivity index (χ4v) is 3.72. The minimum atomic E-state index is -0.307. The Hall–Kier alpha value is -2.42. The van der Waals surface area contributed by atoms with E-state index >= 15 is 0 Å². The molecule has 1 aliphatic heterocycles. The number of hydrogen-bond acceptors (Lipinski definition) is 3. The molecule has 3 nitrogen and oxygen atoms in total. The standard InChI is InChI=1S/C22H29NO2/c1-6-10-16-17(11-7-2)21(24-5)19(23)18-12-15-22(13-8-3,14-9-4)25-20(16)18/h6-9H,1-4,10-15,23H2,5H3. The van der Waals surface area contributed by atoms with E-state index in [9.17, 15) is 0 Å². The van der Waals surface area contributed by atoms with Crippen molar-refractivity contribution >= 4 is 5.69 Å². The molecular weight excluding hydrogens is 310 g/mol. The summed E-state index contributed by atoms with van der Waals surface area (Å²) in [6.07, 6.45) is 12.2. The second-order valence-electron chi connectivity index (χ2n) is 6.47. The van der Waals surface area contributed by atoms with Crippen LogP contribution in [-0.2, 0) is 19.3 Å². The molecule has 0 saturated carbocycles. The predicted octanol–water partition coefficient (Wildman–Crippen LogP) is 4.95. The van der Waals surface area contributed by atoms with Crippen molar-refractivity contribution in [3.8, 4) is 11.5 Å². The average Bonchev–Trinajstić information content (AvgIpc) is 2.59. The molecule has 25 heavy (non-hydrogen) atoms. The Morgan fingerprint density at radius 1 is 1.04 bits per heavy atom. The van der Waals surface area contributed by atoms with Crippen molar-refractivity contribution in [3.05, 3.63) is 67.3 Å². The van der Waals surface area contributed by atoms with Gasteiger partial charge in [0.05, 0.1) is 12.8 Å². The zero-order chi connectivity index (χ0) is 18.4. The van der Waals surface area contributed by atoms with E-state index in [4.69, 9.17) is 15.2 Å². The summed E-state index contributed by atoms with van der Waals surface area (Å²) in [4.78, 5) is 0. The molecule has 3 heteroatoms. The van der Waals surface area contributed by atoms with Gasteiger partial charge in [0.2, 0.25) is 0 Å². The molecule has 0 saturated heterocycles. The molecule has 134 valence electrons. The normalized spacial score (nSPS) is 14.8. The molecule has 1 aromatic rings. The van der Waals surface area contributed by atoms with Gasteiger partial charge in [0.15, 0.2) is 0 Å². The number of hydrogen-bond donors (Lipinski definition) is 1. The van der Waals surface area contributed by atoms with Gasteiger partial charge in [-0.1, -0.05) is 24.3 Å². The van der Waals surface area contributed by atoms with Crippen molar-refractivity contribution in [2.24, 2.45) is 0 Å². The first-order valence-corrected chi connectivity index (χ1v) is 8.70. The maximum Gasteiger partial charge on any atom is 0.146 e. The zero-order valence-corrected chi connectivity index (χ0v) is 15.3. The van der Waals surface area contributed by atoms with Crippen LogP contribution in [0.2, 0.25) is 0 Å². The van der Waals surface area contributed by atoms with Gasteiger partial charge in [-0.25, -0.2) is 0 Å². The topological polar surface area (TPSA) is 44.5 Å². The maximum absolute atomic E-state index is 6.59. The summed E-state index contributed by atoms with van der Waals surface area (Å²) in [6.45, 7) is 15.6. The Morgan fingerprint density at radius 2 is 1.64 bits per heavy atom. The Kier molecular flexibility index (Phi) is 6.13. The number of rotatable bonds is 9. The fourth-order valence-electron chi connectivity index (χ4n) is 3.72. The van der Waals surface area contributed by atoms with Crippen LogP contribution in [0.1, 0.15) is 36.0 Å². The highest BCUT2D eigenvalue weighted by atomic mass is 16.5. The SMILES string of the molecule is C=CCc1c(CC=C)c2c(c(N)c1OC)CCC(CC=C)(CC=C)O2. The molecule has 1 aliphatic rings. The van der Waals surface area contributed by atoms with Gasteiger partial charge in [-0.2, -0.15) is 0 Å². The predicted molar refractivity (Wildman–Crippen MR) is 107 cm³/mol. The minimum absolute atomic E-state index is 0.307. The summed E-state index contributed by atoms with van der Waals surface area (Å²) in [5.74, 6) is 1.61. The van der Waals surface area contributed by atoms with Crippen LogP contribution in [0.4, 0.5) is 5.69 Å². The summed E-state index contributed by atoms with van der Waals surface area (Å²) in [7, 11) is 1.66. The number of ether oxygens (including phenoxy) is 2. The van der Waals surface area contributed by atoms with Crippen LogP contribution in [-0.4, -0.2) is 12.7 Å². The molecule has 0 atom stereocenters. The van der Waals surface area contributed by atoms with E-state index < -0.39 is 0 Å². The van der Waals surface area contributed by atoms with Crippen LogP contribution in [0.3, 0.4) is 0 Å². The van der Waals surface area contributed by atoms with Crippen LogP contribution in [0.15, 0.2) is 50.6 Å². The highest BCUT2D eigenvalue weighted by Gasteiger charge is 2.37. The monoisotopic (exact) mass is 339 g/mol. The van der Waals surface area contributed by atoms with Gasteiger partial charge in [-0.15, -0.1) is 26.3 Å². The lowest BCUT2D eigenvalue weighted by Crippen LogP contribution is -2.39. The average molecular weight is 339 g/mol. The second-order valence-corrected chi connectivity index (χ2v) is 6.47. The first-order chi connectivity index (χ1) is 12.1. The lowest BCUT2D eigenvalue weighted by atomic mass is 9.82. The number of anilines is 1. The molecule has 1 heterocycles. The van der Waals surface area contributed by atoms with Gasteiger partial charge in [0.1, 0.15) is 17.1 Å². The van der Waals surface area contributed by atoms with Crippen LogP contribution < -0.4 is 15.2 Å². The smallest absolute Gasteiger partial charge is 0.146 e. The van der Waals surface area contributed by atoms with Crippen LogP contribution >= 0.6 is 0 Å². The molecule has 0 aromatic heterocycles. The van der Waals surface area contributed by atoms with Gasteiger partial charge in [-0.05, 0) is 25.7 Å². The molecule has 0 spiro atoms. The minimum Gasteiger partial charge on any atom is -0.494 e. The van der Waals surface area contributed by atoms with Gasteiger partial charge in [0, 0.05) is 29.5 Å². The molecule has 1 aromatic carbocycles. The van der Waals surface area contributed by atoms with Crippen molar-refractivity contribution in [3.63, 3.8) is 0 Å². The summed E-state index contributed by atoms with van der Waals surface area (Å²) < 4.78 is 12.2. The second kappa shape index (κ2) is 8.11. The fraction of sp³-hybridized carbons (Fsp3) is 0.364. The van der Waals surface area contributed by atoms with Crippen LogP contribution in [0.25, 0.3) is 0 Å². The molecule has 2 N–H and O–H groups in total. The number of benzene rings is 1. The first kappa shape index (κ1) is 18.9. The zero-order valence-electron chi connectivity index (χ0n) is 15.3. The Balaban J connectivity index is 2.69. The Bertz CT molecular complexity index is 678. The molecule has 0 aliphatic carbocycles. The van der Waals surface area contributed by atoms with Gasteiger partial charge < -0.3 is 15.2 Å². The quantitative estimate of drug-likeness (QED) is 0.511. The van der Waals surface area contributed by atoms with E-state index in [0.29, 0.717) is 18.5 Å². The number of methoxy groups -OCH3 is 1. The van der Waals surface area contributed by atoms with E-state index in [1.807, 2.05) is 24.3 Å². The summed E-state index contributed by atoms with van der Waals surface area (Å²) in [6, 6.07) is 0. The molecule has 0 amide bonds. The van der Waals surface area contributed by atoms with E-state index in [1.165, 1.54) is 0 Å². The van der Waals surface area contributed by atoms with Gasteiger partial charge in [0.25, 0.3) is 0 Å². The number of nitrogens with two attached hydrogens (primary N) is 1. The van der Waals surface area contributed by atoms with Crippen LogP contribution in [0.5, 0.6) is 11.5 Å². The third-order valence-corrected chi connectivity index (χ3v) is 4.84. The molecule has 0 bridgehead atoms. The summed E-state index contributed by atoms with van der Waals surface area (Å²) in [5.41, 5.74) is 9.96. The third kappa shape index (κ3) is 3.51. The lowest BCUT2D eigenvalue weighted by molar-refractivity contribution is 0.0509. The number of fused-ring (bicyclic) bond motifs is 1. The molecule has 0 unspecified atom stereocenters. The van der Waals surface area contributed by atoms with E-state index in [2.05, 4.69) is 26.3 Å². The van der Waals surface area contributed by atoms with E-state index in [1.54, 1.807) is 7.11 Å². The van der Waals surface area contributed by atoms with Gasteiger partial charge in [-0.3, -0.25) is 0 Å². The van der Waals surface area contributed by atoms with Crippen molar-refractivity contribution in [2.45, 2.75) is 44.1 Å². The molecule has 0 radical (unpaired) electrons. The molecular formula is C22H29NO2. The van der Waals surface area contributed by atoms with Crippen molar-refractivity contribution < 1.29 is 9.47 Å². The highest BCUT2D eigenvalue weighted by molar-refractivity contribution is 5.71. The summed E-state index contributed by atoms with van der Waals surface area (Å²) >= 11 is 0. The third-order valence-electron chi connectivity index (χ3n) is 4.84. The Morgan fingerprint density at radius 3 is 2.16 bits per heavy atom. The van der Waals surface area contributed by atoms with Gasteiger partial charge >= 0.3 is 0 Å².